The number of nitrogens with one attached hydrogen (secondary N) is 2. The van der Waals surface area contributed by atoms with Gasteiger partial charge in [-0.25, -0.2) is 8.42 Å². The van der Waals surface area contributed by atoms with Gasteiger partial charge in [-0.15, -0.1) is 0 Å². The van der Waals surface area contributed by atoms with Crippen LogP contribution in [-0.2, 0) is 23.1 Å². The molecular weight excluding hydrogens is 376 g/mol. The Balaban J connectivity index is 1.73. The van der Waals surface area contributed by atoms with Crippen molar-refractivity contribution in [3.05, 3.63) is 77.6 Å². The molecule has 1 aromatic heterocycles. The second-order valence-electron chi connectivity index (χ2n) is 6.29. The number of aryl methyl sites for hydroxylation is 2. The van der Waals surface area contributed by atoms with Crippen LogP contribution in [0.5, 0.6) is 0 Å². The molecule has 28 heavy (non-hydrogen) atoms. The maximum atomic E-state index is 12.7. The molecule has 2 aromatic carbocycles. The fraction of sp³-hybridized carbons (Fsp3) is 0.200. The topological polar surface area (TPSA) is 93.1 Å². The molecule has 146 valence electrons. The molecule has 1 heterocycles. The molecule has 0 saturated carbocycles. The number of aromatic nitrogens is 2. The molecule has 0 aliphatic heterocycles. The van der Waals surface area contributed by atoms with E-state index in [4.69, 9.17) is 0 Å². The van der Waals surface area contributed by atoms with E-state index in [0.29, 0.717) is 30.0 Å². The van der Waals surface area contributed by atoms with Crippen molar-refractivity contribution in [2.24, 2.45) is 0 Å². The Morgan fingerprint density at radius 3 is 2.54 bits per heavy atom. The van der Waals surface area contributed by atoms with Crippen molar-refractivity contribution >= 4 is 21.6 Å². The lowest BCUT2D eigenvalue weighted by molar-refractivity contribution is 0.0951. The predicted molar refractivity (Wildman–Crippen MR) is 108 cm³/mol. The molecule has 7 nitrogen and oxygen atoms in total. The molecule has 0 aliphatic rings. The number of benzene rings is 2. The largest absolute Gasteiger partial charge is 0.348 e. The average Bonchev–Trinajstić information content (AvgIpc) is 3.08. The standard InChI is InChI=1S/C20H22N4O3S/c1-3-24-14-19(15(2)22-24)28(26,27)23-18-11-7-10-17(12-18)20(25)21-13-16-8-5-4-6-9-16/h4-12,14,23H,3,13H2,1-2H3,(H,21,25). The monoisotopic (exact) mass is 398 g/mol. The summed E-state index contributed by atoms with van der Waals surface area (Å²) in [5.41, 5.74) is 2.09. The van der Waals surface area contributed by atoms with E-state index in [2.05, 4.69) is 15.1 Å². The number of anilines is 1. The summed E-state index contributed by atoms with van der Waals surface area (Å²) < 4.78 is 29.4. The normalized spacial score (nSPS) is 11.2. The van der Waals surface area contributed by atoms with E-state index in [-0.39, 0.29) is 10.8 Å². The Hall–Kier alpha value is -3.13. The zero-order valence-corrected chi connectivity index (χ0v) is 16.5. The number of carbonyl (C=O) groups is 1. The van der Waals surface area contributed by atoms with Gasteiger partial charge in [-0.05, 0) is 37.6 Å². The van der Waals surface area contributed by atoms with Gasteiger partial charge in [0.05, 0.1) is 5.69 Å². The molecule has 3 rings (SSSR count). The molecule has 0 unspecified atom stereocenters. The van der Waals surface area contributed by atoms with Gasteiger partial charge in [-0.2, -0.15) is 5.10 Å². The van der Waals surface area contributed by atoms with Crippen LogP contribution in [-0.4, -0.2) is 24.1 Å². The quantitative estimate of drug-likeness (QED) is 0.640. The van der Waals surface area contributed by atoms with E-state index in [0.717, 1.165) is 5.56 Å². The third-order valence-corrected chi connectivity index (χ3v) is 5.67. The van der Waals surface area contributed by atoms with Crippen molar-refractivity contribution in [1.82, 2.24) is 15.1 Å². The van der Waals surface area contributed by atoms with Crippen molar-refractivity contribution in [3.8, 4) is 0 Å². The van der Waals surface area contributed by atoms with Crippen LogP contribution in [0.15, 0.2) is 65.7 Å². The predicted octanol–water partition coefficient (Wildman–Crippen LogP) is 2.94. The van der Waals surface area contributed by atoms with Gasteiger partial charge in [0, 0.05) is 30.5 Å². The molecule has 0 fully saturated rings. The van der Waals surface area contributed by atoms with Crippen LogP contribution in [0.4, 0.5) is 5.69 Å². The minimum Gasteiger partial charge on any atom is -0.348 e. The van der Waals surface area contributed by atoms with Crippen molar-refractivity contribution < 1.29 is 13.2 Å². The zero-order valence-electron chi connectivity index (χ0n) is 15.7. The fourth-order valence-corrected chi connectivity index (χ4v) is 3.98. The molecule has 0 bridgehead atoms. The van der Waals surface area contributed by atoms with Crippen LogP contribution < -0.4 is 10.0 Å². The Morgan fingerprint density at radius 1 is 1.11 bits per heavy atom. The second kappa shape index (κ2) is 8.26. The molecule has 0 saturated heterocycles. The highest BCUT2D eigenvalue weighted by molar-refractivity contribution is 7.92. The second-order valence-corrected chi connectivity index (χ2v) is 7.94. The summed E-state index contributed by atoms with van der Waals surface area (Å²) >= 11 is 0. The Bertz CT molecular complexity index is 1080. The summed E-state index contributed by atoms with van der Waals surface area (Å²) in [6.07, 6.45) is 1.49. The minimum atomic E-state index is -3.80. The Kier molecular flexibility index (Phi) is 5.79. The molecular formula is C20H22N4O3S. The minimum absolute atomic E-state index is 0.119. The fourth-order valence-electron chi connectivity index (χ4n) is 2.74. The number of nitrogens with zero attached hydrogens (tertiary/aromatic N) is 2. The van der Waals surface area contributed by atoms with Crippen LogP contribution in [0.25, 0.3) is 0 Å². The zero-order chi connectivity index (χ0) is 20.1. The van der Waals surface area contributed by atoms with Crippen molar-refractivity contribution in [3.63, 3.8) is 0 Å². The Labute approximate surface area is 164 Å². The summed E-state index contributed by atoms with van der Waals surface area (Å²) in [5, 5.41) is 7.00. The number of hydrogen-bond donors (Lipinski definition) is 2. The first-order chi connectivity index (χ1) is 13.4. The van der Waals surface area contributed by atoms with E-state index < -0.39 is 10.0 Å². The summed E-state index contributed by atoms with van der Waals surface area (Å²) in [5.74, 6) is -0.278. The van der Waals surface area contributed by atoms with Crippen LogP contribution in [0.3, 0.4) is 0 Å². The van der Waals surface area contributed by atoms with E-state index in [9.17, 15) is 13.2 Å². The van der Waals surface area contributed by atoms with E-state index in [1.807, 2.05) is 37.3 Å². The van der Waals surface area contributed by atoms with Gasteiger partial charge >= 0.3 is 0 Å². The van der Waals surface area contributed by atoms with Gasteiger partial charge in [0.2, 0.25) is 0 Å². The highest BCUT2D eigenvalue weighted by atomic mass is 32.2. The van der Waals surface area contributed by atoms with Crippen LogP contribution in [0, 0.1) is 6.92 Å². The van der Waals surface area contributed by atoms with Gasteiger partial charge in [-0.1, -0.05) is 36.4 Å². The number of hydrogen-bond acceptors (Lipinski definition) is 4. The lowest BCUT2D eigenvalue weighted by Crippen LogP contribution is -2.23. The lowest BCUT2D eigenvalue weighted by Gasteiger charge is -2.09. The maximum absolute atomic E-state index is 12.7. The smallest absolute Gasteiger partial charge is 0.265 e. The SMILES string of the molecule is CCn1cc(S(=O)(=O)Nc2cccc(C(=O)NCc3ccccc3)c2)c(C)n1. The third kappa shape index (κ3) is 4.58. The first kappa shape index (κ1) is 19.6. The number of sulfonamides is 1. The summed E-state index contributed by atoms with van der Waals surface area (Å²) in [7, 11) is -3.80. The van der Waals surface area contributed by atoms with Crippen LogP contribution in [0.2, 0.25) is 0 Å². The average molecular weight is 398 g/mol. The first-order valence-electron chi connectivity index (χ1n) is 8.88. The summed E-state index contributed by atoms with van der Waals surface area (Å²) in [6, 6.07) is 15.9. The highest BCUT2D eigenvalue weighted by Gasteiger charge is 2.20. The van der Waals surface area contributed by atoms with Crippen LogP contribution >= 0.6 is 0 Å². The summed E-state index contributed by atoms with van der Waals surface area (Å²) in [6.45, 7) is 4.50. The van der Waals surface area contributed by atoms with Gasteiger partial charge in [0.1, 0.15) is 4.90 Å². The van der Waals surface area contributed by atoms with E-state index in [1.54, 1.807) is 29.8 Å². The number of amides is 1. The molecule has 0 atom stereocenters. The number of carbonyl (C=O) groups excluding carboxylic acids is 1. The molecule has 8 heteroatoms. The molecule has 0 spiro atoms. The lowest BCUT2D eigenvalue weighted by atomic mass is 10.2. The number of rotatable bonds is 7. The van der Waals surface area contributed by atoms with E-state index in [1.165, 1.54) is 12.3 Å². The van der Waals surface area contributed by atoms with Gasteiger partial charge in [-0.3, -0.25) is 14.2 Å². The molecule has 0 aliphatic carbocycles. The molecule has 2 N–H and O–H groups in total. The Morgan fingerprint density at radius 2 is 1.86 bits per heavy atom. The van der Waals surface area contributed by atoms with E-state index >= 15 is 0 Å². The van der Waals surface area contributed by atoms with Crippen molar-refractivity contribution in [2.45, 2.75) is 31.8 Å². The van der Waals surface area contributed by atoms with Gasteiger partial charge in [0.25, 0.3) is 15.9 Å². The molecule has 3 aromatic rings. The van der Waals surface area contributed by atoms with Crippen molar-refractivity contribution in [1.29, 1.82) is 0 Å². The van der Waals surface area contributed by atoms with Gasteiger partial charge < -0.3 is 5.32 Å². The molecule has 1 amide bonds. The molecule has 0 radical (unpaired) electrons. The first-order valence-corrected chi connectivity index (χ1v) is 10.4. The highest BCUT2D eigenvalue weighted by Crippen LogP contribution is 2.19. The van der Waals surface area contributed by atoms with Crippen LogP contribution in [0.1, 0.15) is 28.5 Å². The van der Waals surface area contributed by atoms with Gasteiger partial charge in [0.15, 0.2) is 0 Å². The van der Waals surface area contributed by atoms with Crippen molar-refractivity contribution in [2.75, 3.05) is 4.72 Å². The summed E-state index contributed by atoms with van der Waals surface area (Å²) in [4.78, 5) is 12.5. The third-order valence-electron chi connectivity index (χ3n) is 4.19. The maximum Gasteiger partial charge on any atom is 0.265 e.